The van der Waals surface area contributed by atoms with Gasteiger partial charge in [-0.2, -0.15) is 4.98 Å². The number of phenolic OH excluding ortho intramolecular Hbond substituents is 2. The maximum absolute atomic E-state index is 15.5. The number of piperazine rings is 1. The van der Waals surface area contributed by atoms with Gasteiger partial charge in [0.25, 0.3) is 11.5 Å². The first-order valence-electron chi connectivity index (χ1n) is 16.6. The number of phenols is 2. The number of nitrogen functional groups attached to an aromatic ring is 1. The minimum Gasteiger partial charge on any atom is -0.508 e. The third-order valence-electron chi connectivity index (χ3n) is 9.21. The van der Waals surface area contributed by atoms with E-state index in [0.717, 1.165) is 5.56 Å². The highest BCUT2D eigenvalue weighted by atomic mass is 19.1. The molecule has 14 nitrogen and oxygen atoms in total. The fourth-order valence-corrected chi connectivity index (χ4v) is 6.40. The van der Waals surface area contributed by atoms with Crippen LogP contribution in [0.4, 0.5) is 10.3 Å². The molecule has 4 heterocycles. The van der Waals surface area contributed by atoms with Crippen LogP contribution in [0.3, 0.4) is 0 Å². The molecular weight excluding hydrogens is 669 g/mol. The predicted molar refractivity (Wildman–Crippen MR) is 194 cm³/mol. The smallest absolute Gasteiger partial charge is 0.319 e. The van der Waals surface area contributed by atoms with Crippen LogP contribution >= 0.6 is 0 Å². The van der Waals surface area contributed by atoms with Gasteiger partial charge in [-0.1, -0.05) is 49.3 Å². The molecule has 266 valence electrons. The number of hydrogen-bond acceptors (Lipinski definition) is 10. The van der Waals surface area contributed by atoms with Gasteiger partial charge >= 0.3 is 6.01 Å². The summed E-state index contributed by atoms with van der Waals surface area (Å²) in [6.07, 6.45) is 5.31. The number of nitrogens with zero attached hydrogens (tertiary/aromatic N) is 6. The Morgan fingerprint density at radius 3 is 2.44 bits per heavy atom. The average molecular weight is 706 g/mol. The topological polar surface area (TPSA) is 203 Å². The largest absolute Gasteiger partial charge is 0.508 e. The maximum atomic E-state index is 15.5. The van der Waals surface area contributed by atoms with Crippen LogP contribution in [0.25, 0.3) is 40.3 Å². The van der Waals surface area contributed by atoms with Gasteiger partial charge in [-0.15, -0.1) is 5.10 Å². The average Bonchev–Trinajstić information content (AvgIpc) is 3.71. The first kappa shape index (κ1) is 34.0. The Bertz CT molecular complexity index is 2390. The normalized spacial score (nSPS) is 13.9. The molecule has 15 heteroatoms. The fourth-order valence-electron chi connectivity index (χ4n) is 6.40. The molecule has 6 aromatic rings. The van der Waals surface area contributed by atoms with Crippen LogP contribution in [0.1, 0.15) is 52.4 Å². The SMILES string of the molecule is CC(C)c1cc(-c2nnc(O)n2-c2ccc(CN3CCN(C(=O)c4ccc(C=Cc5c[nH]c6nc(N)[nH]c(=O)c56)cc4)CC3)c(F)c2)c(O)cc1O. The van der Waals surface area contributed by atoms with Crippen molar-refractivity contribution >= 4 is 35.0 Å². The Hall–Kier alpha value is -6.48. The number of aromatic amines is 2. The van der Waals surface area contributed by atoms with Gasteiger partial charge in [0.1, 0.15) is 23.0 Å². The van der Waals surface area contributed by atoms with Crippen molar-refractivity contribution in [1.29, 1.82) is 0 Å². The molecule has 0 bridgehead atoms. The molecule has 0 radical (unpaired) electrons. The zero-order chi connectivity index (χ0) is 36.7. The summed E-state index contributed by atoms with van der Waals surface area (Å²) >= 11 is 0. The molecule has 0 unspecified atom stereocenters. The van der Waals surface area contributed by atoms with E-state index in [0.29, 0.717) is 66.0 Å². The molecule has 3 aromatic heterocycles. The number of carbonyl (C=O) groups is 1. The van der Waals surface area contributed by atoms with E-state index < -0.39 is 11.8 Å². The number of amides is 1. The summed E-state index contributed by atoms with van der Waals surface area (Å²) in [5.74, 6) is -0.867. The van der Waals surface area contributed by atoms with Crippen LogP contribution < -0.4 is 11.3 Å². The van der Waals surface area contributed by atoms with Gasteiger partial charge < -0.3 is 30.9 Å². The molecule has 0 saturated carbocycles. The number of carbonyl (C=O) groups excluding carboxylic acids is 1. The molecule has 1 fully saturated rings. The summed E-state index contributed by atoms with van der Waals surface area (Å²) in [5.41, 5.74) is 9.23. The lowest BCUT2D eigenvalue weighted by Crippen LogP contribution is -2.48. The Balaban J connectivity index is 0.981. The van der Waals surface area contributed by atoms with E-state index in [1.165, 1.54) is 16.7 Å². The molecule has 1 aliphatic heterocycles. The summed E-state index contributed by atoms with van der Waals surface area (Å²) in [4.78, 5) is 39.0. The van der Waals surface area contributed by atoms with E-state index in [4.69, 9.17) is 5.73 Å². The van der Waals surface area contributed by atoms with Gasteiger partial charge in [0.05, 0.1) is 16.6 Å². The number of nitrogens with two attached hydrogens (primary N) is 1. The van der Waals surface area contributed by atoms with Gasteiger partial charge in [0, 0.05) is 61.7 Å². The zero-order valence-electron chi connectivity index (χ0n) is 28.3. The van der Waals surface area contributed by atoms with Gasteiger partial charge in [0.2, 0.25) is 5.95 Å². The third-order valence-corrected chi connectivity index (χ3v) is 9.21. The van der Waals surface area contributed by atoms with Crippen LogP contribution in [0, 0.1) is 5.82 Å². The Labute approximate surface area is 296 Å². The van der Waals surface area contributed by atoms with Crippen LogP contribution in [0.5, 0.6) is 17.5 Å². The minimum atomic E-state index is -0.500. The Kier molecular flexibility index (Phi) is 8.94. The van der Waals surface area contributed by atoms with Crippen LogP contribution in [0.15, 0.2) is 65.6 Å². The molecule has 7 N–H and O–H groups in total. The number of aromatic nitrogens is 6. The Morgan fingerprint density at radius 1 is 0.981 bits per heavy atom. The van der Waals surface area contributed by atoms with E-state index in [-0.39, 0.29) is 51.9 Å². The number of hydrogen-bond donors (Lipinski definition) is 6. The lowest BCUT2D eigenvalue weighted by Gasteiger charge is -2.35. The van der Waals surface area contributed by atoms with E-state index in [2.05, 4.69) is 30.0 Å². The Morgan fingerprint density at radius 2 is 1.73 bits per heavy atom. The highest BCUT2D eigenvalue weighted by Crippen LogP contribution is 2.39. The van der Waals surface area contributed by atoms with E-state index >= 15 is 4.39 Å². The molecule has 1 amide bonds. The van der Waals surface area contributed by atoms with Crippen molar-refractivity contribution in [2.75, 3.05) is 31.9 Å². The van der Waals surface area contributed by atoms with Gasteiger partial charge in [-0.3, -0.25) is 19.5 Å². The second kappa shape index (κ2) is 13.7. The summed E-state index contributed by atoms with van der Waals surface area (Å²) in [5, 5.41) is 39.6. The lowest BCUT2D eigenvalue weighted by molar-refractivity contribution is 0.0627. The fraction of sp³-hybridized carbons (Fsp3) is 0.216. The molecule has 0 atom stereocenters. The van der Waals surface area contributed by atoms with Gasteiger partial charge in [-0.25, -0.2) is 8.96 Å². The number of benzene rings is 3. The van der Waals surface area contributed by atoms with Crippen molar-refractivity contribution in [2.45, 2.75) is 26.3 Å². The zero-order valence-corrected chi connectivity index (χ0v) is 28.3. The van der Waals surface area contributed by atoms with Crippen LogP contribution in [-0.2, 0) is 6.54 Å². The molecule has 0 spiro atoms. The first-order chi connectivity index (χ1) is 25.0. The molecular formula is C37H36FN9O5. The van der Waals surface area contributed by atoms with E-state index in [1.54, 1.807) is 47.5 Å². The number of anilines is 1. The van der Waals surface area contributed by atoms with Gasteiger partial charge in [-0.05, 0) is 47.4 Å². The second-order valence-electron chi connectivity index (χ2n) is 13.0. The van der Waals surface area contributed by atoms with Crippen molar-refractivity contribution in [1.82, 2.24) is 39.5 Å². The quantitative estimate of drug-likeness (QED) is 0.130. The number of nitrogens with one attached hydrogen (secondary N) is 2. The molecule has 1 saturated heterocycles. The number of fused-ring (bicyclic) bond motifs is 1. The van der Waals surface area contributed by atoms with Gasteiger partial charge in [0.15, 0.2) is 5.82 Å². The van der Waals surface area contributed by atoms with Crippen molar-refractivity contribution in [3.8, 4) is 34.6 Å². The van der Waals surface area contributed by atoms with Crippen molar-refractivity contribution in [2.24, 2.45) is 0 Å². The van der Waals surface area contributed by atoms with Crippen molar-refractivity contribution in [3.05, 3.63) is 105 Å². The van der Waals surface area contributed by atoms with E-state index in [1.807, 2.05) is 32.1 Å². The minimum absolute atomic E-state index is 0.0363. The highest BCUT2D eigenvalue weighted by Gasteiger charge is 2.25. The van der Waals surface area contributed by atoms with Crippen molar-refractivity contribution < 1.29 is 24.5 Å². The first-order valence-corrected chi connectivity index (χ1v) is 16.6. The summed E-state index contributed by atoms with van der Waals surface area (Å²) in [6, 6.07) is 14.0. The van der Waals surface area contributed by atoms with E-state index in [9.17, 15) is 24.9 Å². The van der Waals surface area contributed by atoms with Crippen molar-refractivity contribution in [3.63, 3.8) is 0 Å². The third kappa shape index (κ3) is 6.56. The second-order valence-corrected chi connectivity index (χ2v) is 13.0. The summed E-state index contributed by atoms with van der Waals surface area (Å²) < 4.78 is 16.8. The van der Waals surface area contributed by atoms with Crippen LogP contribution in [0.2, 0.25) is 0 Å². The van der Waals surface area contributed by atoms with Crippen LogP contribution in [-0.4, -0.2) is 86.9 Å². The molecule has 7 rings (SSSR count). The standard InChI is InChI=1S/C37H36FN9O5/c1-20(2)26-16-27(30(49)17-29(26)48)33-43-44-37(52)47(33)25-10-9-24(28(38)15-25)19-45-11-13-46(14-12-45)35(51)22-6-3-21(4-7-22)5-8-23-18-40-32-31(23)34(50)42-36(39)41-32/h3-10,15-18,20,48-49H,11-14,19H2,1-2H3,(H,44,52)(H4,39,40,41,42,50). The summed E-state index contributed by atoms with van der Waals surface area (Å²) in [7, 11) is 0. The molecule has 0 aliphatic carbocycles. The summed E-state index contributed by atoms with van der Waals surface area (Å²) in [6.45, 7) is 6.13. The monoisotopic (exact) mass is 705 g/mol. The molecule has 3 aromatic carbocycles. The number of H-pyrrole nitrogens is 2. The molecule has 1 aliphatic rings. The lowest BCUT2D eigenvalue weighted by atomic mass is 9.98. The number of rotatable bonds is 8. The molecule has 52 heavy (non-hydrogen) atoms. The number of aromatic hydroxyl groups is 3. The predicted octanol–water partition coefficient (Wildman–Crippen LogP) is 4.59. The highest BCUT2D eigenvalue weighted by molar-refractivity contribution is 5.95. The maximum Gasteiger partial charge on any atom is 0.319 e. The number of halogens is 1.